The summed E-state index contributed by atoms with van der Waals surface area (Å²) in [4.78, 5) is 8.28. The van der Waals surface area contributed by atoms with Crippen molar-refractivity contribution in [2.24, 2.45) is 5.92 Å². The number of likely N-dealkylation sites (tertiary alicyclic amines) is 1. The summed E-state index contributed by atoms with van der Waals surface area (Å²) in [5, 5.41) is 0. The Labute approximate surface area is 275 Å². The van der Waals surface area contributed by atoms with E-state index in [1.54, 1.807) is 0 Å². The fourth-order valence-corrected chi connectivity index (χ4v) is 6.57. The fourth-order valence-electron chi connectivity index (χ4n) is 6.57. The number of pyridine rings is 1. The second-order valence-corrected chi connectivity index (χ2v) is 12.5. The number of ether oxygens (including phenoxy) is 3. The summed E-state index contributed by atoms with van der Waals surface area (Å²) in [6.07, 6.45) is -1.83. The zero-order valence-electron chi connectivity index (χ0n) is 26.5. The van der Waals surface area contributed by atoms with E-state index in [1.807, 2.05) is 54.6 Å². The van der Waals surface area contributed by atoms with E-state index >= 15 is 0 Å². The molecule has 2 aliphatic heterocycles. The summed E-state index contributed by atoms with van der Waals surface area (Å²) in [5.74, 6) is 0.331. The molecule has 2 saturated heterocycles. The maximum atomic E-state index is 13.1. The summed E-state index contributed by atoms with van der Waals surface area (Å²) in [6, 6.07) is 33.1. The Balaban J connectivity index is 1.18. The number of rotatable bonds is 12. The lowest BCUT2D eigenvalue weighted by atomic mass is 9.94. The lowest BCUT2D eigenvalue weighted by Crippen LogP contribution is -2.59. The lowest BCUT2D eigenvalue weighted by molar-refractivity contribution is -0.185. The molecule has 9 heteroatoms. The van der Waals surface area contributed by atoms with Crippen LogP contribution in [0.1, 0.15) is 35.2 Å². The van der Waals surface area contributed by atoms with E-state index in [4.69, 9.17) is 14.2 Å². The molecule has 0 bridgehead atoms. The minimum Gasteiger partial charge on any atom is -0.370 e. The molecule has 0 aliphatic carbocycles. The second-order valence-electron chi connectivity index (χ2n) is 12.5. The summed E-state index contributed by atoms with van der Waals surface area (Å²) in [7, 11) is 0. The topological polar surface area (TPSA) is 47.1 Å². The van der Waals surface area contributed by atoms with Crippen LogP contribution in [0.2, 0.25) is 0 Å². The van der Waals surface area contributed by atoms with Gasteiger partial charge < -0.3 is 19.1 Å². The van der Waals surface area contributed by atoms with E-state index in [1.165, 1.54) is 12.3 Å². The number of nitrogens with zero attached hydrogens (tertiary/aromatic N) is 3. The molecule has 0 amide bonds. The molecule has 0 radical (unpaired) electrons. The summed E-state index contributed by atoms with van der Waals surface area (Å²) >= 11 is 0. The Morgan fingerprint density at radius 1 is 0.660 bits per heavy atom. The number of hydrogen-bond acceptors (Lipinski definition) is 6. The van der Waals surface area contributed by atoms with Crippen molar-refractivity contribution < 1.29 is 27.4 Å². The van der Waals surface area contributed by atoms with Gasteiger partial charge in [-0.1, -0.05) is 91.0 Å². The van der Waals surface area contributed by atoms with Crippen molar-refractivity contribution >= 4 is 5.69 Å². The molecule has 2 fully saturated rings. The van der Waals surface area contributed by atoms with Crippen LogP contribution in [0.5, 0.6) is 0 Å². The Hall–Kier alpha value is -3.76. The standard InChI is InChI=1S/C38H42F3N3O3/c39-38(40,41)36-19-18-33(21-42-36)44-20-10-17-32(23-44)22-43-24-34(45-26-29-11-4-1-5-12-29)37(47-28-31-15-8-3-9-16-31)35(25-43)46-27-30-13-6-2-7-14-30/h1-9,11-16,18-19,21,32,34-35,37H,10,17,20,22-28H2/t32-,34-,35+,37?/m0/s1. The average Bonchev–Trinajstić information content (AvgIpc) is 3.10. The third-order valence-electron chi connectivity index (χ3n) is 8.95. The monoisotopic (exact) mass is 645 g/mol. The molecular weight excluding hydrogens is 603 g/mol. The van der Waals surface area contributed by atoms with E-state index in [9.17, 15) is 13.2 Å². The van der Waals surface area contributed by atoms with Crippen molar-refractivity contribution in [2.75, 3.05) is 37.6 Å². The zero-order chi connectivity index (χ0) is 32.5. The normalized spacial score (nSPS) is 22.3. The van der Waals surface area contributed by atoms with Crippen molar-refractivity contribution in [3.63, 3.8) is 0 Å². The second kappa shape index (κ2) is 15.9. The van der Waals surface area contributed by atoms with Gasteiger partial charge in [0.15, 0.2) is 0 Å². The van der Waals surface area contributed by atoms with Gasteiger partial charge >= 0.3 is 6.18 Å². The van der Waals surface area contributed by atoms with Gasteiger partial charge in [-0.25, -0.2) is 4.98 Å². The molecular formula is C38H42F3N3O3. The SMILES string of the molecule is FC(F)(F)c1ccc(N2CCC[C@@H](CN3C[C@H](OCc4ccccc4)C(OCc4ccccc4)[C@H](OCc4ccccc4)C3)C2)cn1. The fraction of sp³-hybridized carbons (Fsp3) is 0.395. The summed E-state index contributed by atoms with van der Waals surface area (Å²) < 4.78 is 59.2. The van der Waals surface area contributed by atoms with Gasteiger partial charge in [-0.15, -0.1) is 0 Å². The minimum atomic E-state index is -4.45. The third kappa shape index (κ3) is 9.41. The van der Waals surface area contributed by atoms with Gasteiger partial charge in [0.2, 0.25) is 0 Å². The van der Waals surface area contributed by atoms with Gasteiger partial charge in [-0.2, -0.15) is 13.2 Å². The first-order valence-corrected chi connectivity index (χ1v) is 16.4. The van der Waals surface area contributed by atoms with Crippen molar-refractivity contribution in [3.05, 3.63) is 132 Å². The van der Waals surface area contributed by atoms with Crippen molar-refractivity contribution in [2.45, 2.75) is 57.2 Å². The van der Waals surface area contributed by atoms with Crippen LogP contribution in [0.25, 0.3) is 0 Å². The largest absolute Gasteiger partial charge is 0.433 e. The zero-order valence-corrected chi connectivity index (χ0v) is 26.5. The summed E-state index contributed by atoms with van der Waals surface area (Å²) in [6.45, 7) is 5.15. The predicted octanol–water partition coefficient (Wildman–Crippen LogP) is 7.39. The van der Waals surface area contributed by atoms with Crippen molar-refractivity contribution in [1.29, 1.82) is 0 Å². The Morgan fingerprint density at radius 2 is 1.19 bits per heavy atom. The molecule has 0 N–H and O–H groups in total. The van der Waals surface area contributed by atoms with Gasteiger partial charge in [0.05, 0.1) is 43.9 Å². The van der Waals surface area contributed by atoms with Gasteiger partial charge in [-0.05, 0) is 47.6 Å². The molecule has 3 heterocycles. The van der Waals surface area contributed by atoms with Crippen molar-refractivity contribution in [1.82, 2.24) is 9.88 Å². The summed E-state index contributed by atoms with van der Waals surface area (Å²) in [5.41, 5.74) is 3.15. The highest BCUT2D eigenvalue weighted by atomic mass is 19.4. The van der Waals surface area contributed by atoms with Gasteiger partial charge in [0, 0.05) is 32.7 Å². The highest BCUT2D eigenvalue weighted by Gasteiger charge is 2.40. The van der Waals surface area contributed by atoms with Crippen LogP contribution < -0.4 is 4.90 Å². The van der Waals surface area contributed by atoms with Crippen LogP contribution in [0.4, 0.5) is 18.9 Å². The first-order valence-electron chi connectivity index (χ1n) is 16.4. The van der Waals surface area contributed by atoms with Crippen LogP contribution in [-0.2, 0) is 40.2 Å². The van der Waals surface area contributed by atoms with Gasteiger partial charge in [0.25, 0.3) is 0 Å². The molecule has 3 aromatic carbocycles. The Kier molecular flexibility index (Phi) is 11.2. The van der Waals surface area contributed by atoms with E-state index in [2.05, 4.69) is 51.2 Å². The molecule has 0 spiro atoms. The Morgan fingerprint density at radius 3 is 1.68 bits per heavy atom. The molecule has 1 unspecified atom stereocenters. The van der Waals surface area contributed by atoms with E-state index < -0.39 is 11.9 Å². The molecule has 2 aliphatic rings. The number of halogens is 3. The molecule has 4 aromatic rings. The van der Waals surface area contributed by atoms with Crippen molar-refractivity contribution in [3.8, 4) is 0 Å². The van der Waals surface area contributed by atoms with Gasteiger partial charge in [0.1, 0.15) is 11.8 Å². The molecule has 6 rings (SSSR count). The highest BCUT2D eigenvalue weighted by molar-refractivity contribution is 5.45. The number of alkyl halides is 3. The van der Waals surface area contributed by atoms with Crippen LogP contribution in [-0.4, -0.2) is 60.9 Å². The van der Waals surface area contributed by atoms with Crippen LogP contribution >= 0.6 is 0 Å². The quantitative estimate of drug-likeness (QED) is 0.160. The van der Waals surface area contributed by atoms with E-state index in [-0.39, 0.29) is 18.3 Å². The number of piperidine rings is 2. The van der Waals surface area contributed by atoms with Crippen LogP contribution in [0.3, 0.4) is 0 Å². The van der Waals surface area contributed by atoms with E-state index in [0.29, 0.717) is 38.8 Å². The lowest BCUT2D eigenvalue weighted by Gasteiger charge is -2.45. The van der Waals surface area contributed by atoms with Crippen LogP contribution in [0.15, 0.2) is 109 Å². The number of anilines is 1. The molecule has 1 aromatic heterocycles. The van der Waals surface area contributed by atoms with Gasteiger partial charge in [-0.3, -0.25) is 4.90 Å². The average molecular weight is 646 g/mol. The highest BCUT2D eigenvalue weighted by Crippen LogP contribution is 2.31. The molecule has 47 heavy (non-hydrogen) atoms. The Bertz CT molecular complexity index is 1440. The minimum absolute atomic E-state index is 0.229. The number of aromatic nitrogens is 1. The first-order chi connectivity index (χ1) is 22.9. The molecule has 6 nitrogen and oxygen atoms in total. The molecule has 0 saturated carbocycles. The maximum absolute atomic E-state index is 13.1. The smallest absolute Gasteiger partial charge is 0.370 e. The van der Waals surface area contributed by atoms with E-state index in [0.717, 1.165) is 60.9 Å². The molecule has 248 valence electrons. The molecule has 4 atom stereocenters. The first kappa shape index (κ1) is 33.2. The number of benzene rings is 3. The maximum Gasteiger partial charge on any atom is 0.433 e. The third-order valence-corrected chi connectivity index (χ3v) is 8.95. The number of hydrogen-bond donors (Lipinski definition) is 0. The predicted molar refractivity (Wildman–Crippen MR) is 176 cm³/mol. The van der Waals surface area contributed by atoms with Crippen LogP contribution in [0, 0.1) is 5.92 Å².